The number of aromatic nitrogens is 2. The number of H-pyrrole nitrogens is 1. The molecular weight excluding hydrogens is 156 g/mol. The summed E-state index contributed by atoms with van der Waals surface area (Å²) in [5, 5.41) is 8.65. The summed E-state index contributed by atoms with van der Waals surface area (Å²) in [6.45, 7) is 0. The van der Waals surface area contributed by atoms with Crippen LogP contribution in [0.25, 0.3) is 0 Å². The van der Waals surface area contributed by atoms with E-state index >= 15 is 0 Å². The third-order valence-corrected chi connectivity index (χ3v) is 2.41. The molecule has 0 radical (unpaired) electrons. The zero-order chi connectivity index (χ0) is 8.60. The molecule has 2 rings (SSSR count). The van der Waals surface area contributed by atoms with E-state index in [4.69, 9.17) is 5.11 Å². The van der Waals surface area contributed by atoms with E-state index in [9.17, 15) is 4.79 Å². The highest BCUT2D eigenvalue weighted by Gasteiger charge is 2.47. The third kappa shape index (κ3) is 1.09. The molecule has 0 bridgehead atoms. The summed E-state index contributed by atoms with van der Waals surface area (Å²) in [5.74, 6) is -0.734. The van der Waals surface area contributed by atoms with Crippen molar-refractivity contribution in [2.75, 3.05) is 0 Å². The van der Waals surface area contributed by atoms with Gasteiger partial charge in [-0.25, -0.2) is 4.98 Å². The molecule has 0 unspecified atom stereocenters. The molecule has 0 amide bonds. The predicted molar refractivity (Wildman–Crippen MR) is 41.8 cm³/mol. The van der Waals surface area contributed by atoms with E-state index in [2.05, 4.69) is 9.97 Å². The lowest BCUT2D eigenvalue weighted by Crippen LogP contribution is -2.13. The van der Waals surface area contributed by atoms with Gasteiger partial charge < -0.3 is 10.1 Å². The van der Waals surface area contributed by atoms with Crippen LogP contribution in [-0.2, 0) is 10.2 Å². The summed E-state index contributed by atoms with van der Waals surface area (Å²) in [5.41, 5.74) is 0.840. The fraction of sp³-hybridized carbons (Fsp3) is 0.500. The van der Waals surface area contributed by atoms with Crippen LogP contribution in [0.2, 0.25) is 0 Å². The van der Waals surface area contributed by atoms with Gasteiger partial charge in [0.25, 0.3) is 0 Å². The van der Waals surface area contributed by atoms with E-state index in [1.165, 1.54) is 0 Å². The van der Waals surface area contributed by atoms with Gasteiger partial charge in [0.15, 0.2) is 0 Å². The number of aliphatic carboxylic acids is 1. The molecule has 1 saturated carbocycles. The minimum atomic E-state index is -0.734. The molecule has 1 fully saturated rings. The Labute approximate surface area is 69.6 Å². The number of hydrogen-bond donors (Lipinski definition) is 2. The second kappa shape index (κ2) is 2.33. The summed E-state index contributed by atoms with van der Waals surface area (Å²) in [4.78, 5) is 17.4. The highest BCUT2D eigenvalue weighted by atomic mass is 16.4. The van der Waals surface area contributed by atoms with Crippen LogP contribution in [0.15, 0.2) is 12.5 Å². The van der Waals surface area contributed by atoms with E-state index in [0.29, 0.717) is 0 Å². The first-order valence-electron chi connectivity index (χ1n) is 3.94. The molecule has 1 aliphatic carbocycles. The molecule has 1 aromatic rings. The van der Waals surface area contributed by atoms with Gasteiger partial charge >= 0.3 is 5.97 Å². The zero-order valence-corrected chi connectivity index (χ0v) is 6.58. The summed E-state index contributed by atoms with van der Waals surface area (Å²) in [6.07, 6.45) is 5.45. The van der Waals surface area contributed by atoms with Gasteiger partial charge in [0.2, 0.25) is 0 Å². The van der Waals surface area contributed by atoms with Crippen LogP contribution in [-0.4, -0.2) is 21.0 Å². The van der Waals surface area contributed by atoms with Gasteiger partial charge in [-0.1, -0.05) is 0 Å². The van der Waals surface area contributed by atoms with E-state index in [1.807, 2.05) is 0 Å². The van der Waals surface area contributed by atoms with Crippen LogP contribution in [0.3, 0.4) is 0 Å². The van der Waals surface area contributed by atoms with Crippen molar-refractivity contribution in [1.29, 1.82) is 0 Å². The minimum Gasteiger partial charge on any atom is -0.481 e. The van der Waals surface area contributed by atoms with E-state index < -0.39 is 5.97 Å². The van der Waals surface area contributed by atoms with Crippen LogP contribution in [0.1, 0.15) is 25.0 Å². The fourth-order valence-corrected chi connectivity index (χ4v) is 1.53. The van der Waals surface area contributed by atoms with Crippen molar-refractivity contribution < 1.29 is 9.90 Å². The first-order valence-corrected chi connectivity index (χ1v) is 3.94. The standard InChI is InChI=1S/C8H10N2O2/c11-7(12)3-8(1-2-8)6-4-9-5-10-6/h4-5H,1-3H2,(H,9,10)(H,11,12). The second-order valence-corrected chi connectivity index (χ2v) is 3.32. The zero-order valence-electron chi connectivity index (χ0n) is 6.58. The Morgan fingerprint density at radius 3 is 2.92 bits per heavy atom. The number of nitrogens with one attached hydrogen (secondary N) is 1. The first-order chi connectivity index (χ1) is 5.73. The monoisotopic (exact) mass is 166 g/mol. The second-order valence-electron chi connectivity index (χ2n) is 3.32. The Hall–Kier alpha value is -1.32. The van der Waals surface area contributed by atoms with Crippen molar-refractivity contribution in [2.45, 2.75) is 24.7 Å². The molecule has 64 valence electrons. The van der Waals surface area contributed by atoms with E-state index in [1.54, 1.807) is 12.5 Å². The van der Waals surface area contributed by atoms with E-state index in [-0.39, 0.29) is 11.8 Å². The number of hydrogen-bond acceptors (Lipinski definition) is 2. The Morgan fingerprint density at radius 2 is 2.50 bits per heavy atom. The van der Waals surface area contributed by atoms with Crippen molar-refractivity contribution in [3.63, 3.8) is 0 Å². The smallest absolute Gasteiger partial charge is 0.304 e. The fourth-order valence-electron chi connectivity index (χ4n) is 1.53. The number of imidazole rings is 1. The van der Waals surface area contributed by atoms with Gasteiger partial charge in [0, 0.05) is 17.3 Å². The largest absolute Gasteiger partial charge is 0.481 e. The lowest BCUT2D eigenvalue weighted by Gasteiger charge is -2.08. The van der Waals surface area contributed by atoms with Gasteiger partial charge in [-0.15, -0.1) is 0 Å². The van der Waals surface area contributed by atoms with Gasteiger partial charge in [-0.2, -0.15) is 0 Å². The molecule has 0 spiro atoms. The number of nitrogens with zero attached hydrogens (tertiary/aromatic N) is 1. The molecule has 4 nitrogen and oxygen atoms in total. The van der Waals surface area contributed by atoms with Crippen LogP contribution in [0.5, 0.6) is 0 Å². The van der Waals surface area contributed by atoms with Crippen LogP contribution < -0.4 is 0 Å². The number of carboxylic acid groups (broad SMARTS) is 1. The quantitative estimate of drug-likeness (QED) is 0.701. The number of rotatable bonds is 3. The average molecular weight is 166 g/mol. The molecule has 2 N–H and O–H groups in total. The predicted octanol–water partition coefficient (Wildman–Crippen LogP) is 0.916. The molecule has 1 aliphatic rings. The molecule has 4 heteroatoms. The van der Waals surface area contributed by atoms with Crippen LogP contribution in [0, 0.1) is 0 Å². The SMILES string of the molecule is O=C(O)CC1(c2cnc[nH]2)CC1. The van der Waals surface area contributed by atoms with Crippen molar-refractivity contribution in [1.82, 2.24) is 9.97 Å². The normalized spacial score (nSPS) is 19.0. The Kier molecular flexibility index (Phi) is 1.43. The lowest BCUT2D eigenvalue weighted by atomic mass is 9.99. The Bertz CT molecular complexity index is 288. The third-order valence-electron chi connectivity index (χ3n) is 2.41. The minimum absolute atomic E-state index is 0.123. The number of carbonyl (C=O) groups is 1. The lowest BCUT2D eigenvalue weighted by molar-refractivity contribution is -0.137. The number of aromatic amines is 1. The maximum absolute atomic E-state index is 10.5. The Balaban J connectivity index is 2.17. The van der Waals surface area contributed by atoms with Crippen molar-refractivity contribution in [3.8, 4) is 0 Å². The average Bonchev–Trinajstić information content (AvgIpc) is 2.61. The van der Waals surface area contributed by atoms with Crippen LogP contribution >= 0.6 is 0 Å². The number of carboxylic acids is 1. The summed E-state index contributed by atoms with van der Waals surface area (Å²) < 4.78 is 0. The molecule has 0 saturated heterocycles. The Morgan fingerprint density at radius 1 is 1.75 bits per heavy atom. The molecule has 1 aromatic heterocycles. The molecule has 12 heavy (non-hydrogen) atoms. The molecular formula is C8H10N2O2. The van der Waals surface area contributed by atoms with Gasteiger partial charge in [0.05, 0.1) is 12.7 Å². The molecule has 1 heterocycles. The maximum Gasteiger partial charge on any atom is 0.304 e. The highest BCUT2D eigenvalue weighted by Crippen LogP contribution is 2.49. The first kappa shape index (κ1) is 7.34. The topological polar surface area (TPSA) is 66.0 Å². The molecule has 0 atom stereocenters. The van der Waals surface area contributed by atoms with E-state index in [0.717, 1.165) is 18.5 Å². The molecule has 0 aliphatic heterocycles. The maximum atomic E-state index is 10.5. The van der Waals surface area contributed by atoms with Gasteiger partial charge in [-0.3, -0.25) is 4.79 Å². The van der Waals surface area contributed by atoms with Gasteiger partial charge in [0.1, 0.15) is 0 Å². The summed E-state index contributed by atoms with van der Waals surface area (Å²) in [6, 6.07) is 0. The van der Waals surface area contributed by atoms with Crippen LogP contribution in [0.4, 0.5) is 0 Å². The van der Waals surface area contributed by atoms with Crippen molar-refractivity contribution >= 4 is 5.97 Å². The van der Waals surface area contributed by atoms with Crippen molar-refractivity contribution in [2.24, 2.45) is 0 Å². The molecule has 0 aromatic carbocycles. The summed E-state index contributed by atoms with van der Waals surface area (Å²) in [7, 11) is 0. The van der Waals surface area contributed by atoms with Crippen molar-refractivity contribution in [3.05, 3.63) is 18.2 Å². The van der Waals surface area contributed by atoms with Gasteiger partial charge in [-0.05, 0) is 12.8 Å². The summed E-state index contributed by atoms with van der Waals surface area (Å²) >= 11 is 0. The highest BCUT2D eigenvalue weighted by molar-refractivity contribution is 5.69.